The Balaban J connectivity index is 1.56. The van der Waals surface area contributed by atoms with Crippen LogP contribution in [0.25, 0.3) is 10.8 Å². The molecule has 0 fully saturated rings. The van der Waals surface area contributed by atoms with E-state index >= 15 is 0 Å². The van der Waals surface area contributed by atoms with Crippen LogP contribution in [0.4, 0.5) is 0 Å². The number of nitrogens with one attached hydrogen (secondary N) is 1. The van der Waals surface area contributed by atoms with Gasteiger partial charge in [0.25, 0.3) is 5.91 Å². The molecule has 3 N–H and O–H groups in total. The second-order valence-corrected chi connectivity index (χ2v) is 6.96. The minimum Gasteiger partial charge on any atom is -0.508 e. The monoisotopic (exact) mass is 401 g/mol. The van der Waals surface area contributed by atoms with Crippen molar-refractivity contribution in [2.24, 2.45) is 0 Å². The Bertz CT molecular complexity index is 1220. The number of aromatic nitrogens is 2. The number of carboxylic acid groups (broad SMARTS) is 1. The number of phenols is 1. The smallest absolute Gasteiger partial charge is 0.335 e. The third-order valence-corrected chi connectivity index (χ3v) is 4.88. The van der Waals surface area contributed by atoms with E-state index in [0.717, 1.165) is 16.3 Å². The molecule has 0 saturated heterocycles. The molecule has 0 aliphatic carbocycles. The first kappa shape index (κ1) is 19.2. The number of imidazole rings is 1. The van der Waals surface area contributed by atoms with Crippen molar-refractivity contribution >= 4 is 22.6 Å². The quantitative estimate of drug-likeness (QED) is 0.459. The summed E-state index contributed by atoms with van der Waals surface area (Å²) >= 11 is 0. The Morgan fingerprint density at radius 3 is 2.43 bits per heavy atom. The fraction of sp³-hybridized carbons (Fsp3) is 0.0870. The molecule has 1 aromatic heterocycles. The molecular formula is C23H19N3O4. The standard InChI is InChI=1S/C23H19N3O4/c27-21-12-17-5-6-18(22(28)25-14-26-8-7-24-13-26)10-19(17)11-20(21)9-15-1-3-16(4-2-15)23(29)30/h1-8,10-13,27H,9,14H2,(H,25,28)(H,29,30). The highest BCUT2D eigenvalue weighted by Crippen LogP contribution is 2.28. The maximum atomic E-state index is 12.5. The molecule has 0 saturated carbocycles. The molecule has 4 rings (SSSR count). The molecule has 0 spiro atoms. The van der Waals surface area contributed by atoms with Crippen LogP contribution < -0.4 is 5.32 Å². The molecule has 1 amide bonds. The molecule has 0 aliphatic heterocycles. The summed E-state index contributed by atoms with van der Waals surface area (Å²) in [7, 11) is 0. The fourth-order valence-corrected chi connectivity index (χ4v) is 3.25. The highest BCUT2D eigenvalue weighted by molar-refractivity contribution is 5.99. The Kier molecular flexibility index (Phi) is 5.17. The van der Waals surface area contributed by atoms with Crippen molar-refractivity contribution in [3.8, 4) is 5.75 Å². The lowest BCUT2D eigenvalue weighted by molar-refractivity contribution is 0.0696. The van der Waals surface area contributed by atoms with Crippen LogP contribution in [-0.2, 0) is 13.1 Å². The number of fused-ring (bicyclic) bond motifs is 1. The van der Waals surface area contributed by atoms with Crippen molar-refractivity contribution in [2.45, 2.75) is 13.1 Å². The van der Waals surface area contributed by atoms with E-state index in [1.165, 1.54) is 0 Å². The van der Waals surface area contributed by atoms with Crippen molar-refractivity contribution in [3.05, 3.63) is 95.6 Å². The van der Waals surface area contributed by atoms with Gasteiger partial charge in [-0.3, -0.25) is 4.79 Å². The molecule has 7 heteroatoms. The Morgan fingerprint density at radius 2 is 1.73 bits per heavy atom. The molecule has 0 radical (unpaired) electrons. The third kappa shape index (κ3) is 4.15. The lowest BCUT2D eigenvalue weighted by Gasteiger charge is -2.10. The molecule has 0 aliphatic rings. The van der Waals surface area contributed by atoms with Crippen LogP contribution >= 0.6 is 0 Å². The van der Waals surface area contributed by atoms with E-state index in [-0.39, 0.29) is 17.2 Å². The van der Waals surface area contributed by atoms with Gasteiger partial charge in [-0.25, -0.2) is 9.78 Å². The van der Waals surface area contributed by atoms with Gasteiger partial charge in [0, 0.05) is 24.4 Å². The first-order valence-corrected chi connectivity index (χ1v) is 9.31. The van der Waals surface area contributed by atoms with Gasteiger partial charge in [-0.15, -0.1) is 0 Å². The Hall–Kier alpha value is -4.13. The minimum absolute atomic E-state index is 0.155. The maximum Gasteiger partial charge on any atom is 0.335 e. The lowest BCUT2D eigenvalue weighted by atomic mass is 9.98. The van der Waals surface area contributed by atoms with Crippen LogP contribution in [0, 0.1) is 0 Å². The second kappa shape index (κ2) is 8.08. The molecule has 150 valence electrons. The van der Waals surface area contributed by atoms with E-state index in [4.69, 9.17) is 5.11 Å². The molecule has 7 nitrogen and oxygen atoms in total. The molecule has 4 aromatic rings. The fourth-order valence-electron chi connectivity index (χ4n) is 3.25. The van der Waals surface area contributed by atoms with E-state index in [1.807, 2.05) is 6.07 Å². The number of carbonyl (C=O) groups is 2. The van der Waals surface area contributed by atoms with Crippen LogP contribution in [0.1, 0.15) is 31.8 Å². The number of hydrogen-bond acceptors (Lipinski definition) is 4. The number of phenolic OH excluding ortho intramolecular Hbond substituents is 1. The highest BCUT2D eigenvalue weighted by Gasteiger charge is 2.10. The van der Waals surface area contributed by atoms with E-state index in [0.29, 0.717) is 24.2 Å². The minimum atomic E-state index is -0.978. The summed E-state index contributed by atoms with van der Waals surface area (Å²) in [6.45, 7) is 0.323. The van der Waals surface area contributed by atoms with Gasteiger partial charge in [-0.2, -0.15) is 0 Å². The van der Waals surface area contributed by atoms with Gasteiger partial charge < -0.3 is 20.1 Å². The van der Waals surface area contributed by atoms with E-state index in [1.54, 1.807) is 71.8 Å². The number of carbonyl (C=O) groups excluding carboxylic acids is 1. The van der Waals surface area contributed by atoms with Crippen LogP contribution in [0.3, 0.4) is 0 Å². The van der Waals surface area contributed by atoms with Gasteiger partial charge >= 0.3 is 5.97 Å². The molecular weight excluding hydrogens is 382 g/mol. The summed E-state index contributed by atoms with van der Waals surface area (Å²) in [6, 6.07) is 15.4. The van der Waals surface area contributed by atoms with Gasteiger partial charge in [-0.05, 0) is 58.3 Å². The molecule has 30 heavy (non-hydrogen) atoms. The van der Waals surface area contributed by atoms with Gasteiger partial charge in [0.05, 0.1) is 18.6 Å². The van der Waals surface area contributed by atoms with E-state index in [9.17, 15) is 14.7 Å². The van der Waals surface area contributed by atoms with Crippen molar-refractivity contribution in [1.82, 2.24) is 14.9 Å². The Morgan fingerprint density at radius 1 is 0.967 bits per heavy atom. The average Bonchev–Trinajstić information content (AvgIpc) is 3.26. The number of nitrogens with zero attached hydrogens (tertiary/aromatic N) is 2. The summed E-state index contributed by atoms with van der Waals surface area (Å²) in [4.78, 5) is 27.4. The molecule has 0 bridgehead atoms. The topological polar surface area (TPSA) is 104 Å². The largest absolute Gasteiger partial charge is 0.508 e. The summed E-state index contributed by atoms with van der Waals surface area (Å²) in [5.74, 6) is -1.03. The number of aromatic hydroxyl groups is 1. The maximum absolute atomic E-state index is 12.5. The van der Waals surface area contributed by atoms with E-state index in [2.05, 4.69) is 10.3 Å². The SMILES string of the molecule is O=C(O)c1ccc(Cc2cc3cc(C(=O)NCn4ccnc4)ccc3cc2O)cc1. The lowest BCUT2D eigenvalue weighted by Crippen LogP contribution is -2.25. The van der Waals surface area contributed by atoms with Crippen LogP contribution in [0.5, 0.6) is 5.75 Å². The zero-order chi connectivity index (χ0) is 21.1. The van der Waals surface area contributed by atoms with Crippen molar-refractivity contribution in [1.29, 1.82) is 0 Å². The summed E-state index contributed by atoms with van der Waals surface area (Å²) in [5, 5.41) is 23.9. The predicted molar refractivity (Wildman–Crippen MR) is 112 cm³/mol. The van der Waals surface area contributed by atoms with Crippen molar-refractivity contribution in [2.75, 3.05) is 0 Å². The zero-order valence-electron chi connectivity index (χ0n) is 15.9. The van der Waals surface area contributed by atoms with Gasteiger partial charge in [0.2, 0.25) is 0 Å². The van der Waals surface area contributed by atoms with Crippen molar-refractivity contribution < 1.29 is 19.8 Å². The first-order valence-electron chi connectivity index (χ1n) is 9.31. The first-order chi connectivity index (χ1) is 14.5. The molecule has 0 atom stereocenters. The van der Waals surface area contributed by atoms with Gasteiger partial charge in [0.15, 0.2) is 0 Å². The summed E-state index contributed by atoms with van der Waals surface area (Å²) in [6.07, 6.45) is 5.47. The molecule has 0 unspecified atom stereocenters. The Labute approximate surface area is 172 Å². The number of amides is 1. The van der Waals surface area contributed by atoms with Gasteiger partial charge in [0.1, 0.15) is 5.75 Å². The van der Waals surface area contributed by atoms with Crippen LogP contribution in [-0.4, -0.2) is 31.6 Å². The second-order valence-electron chi connectivity index (χ2n) is 6.96. The number of rotatable bonds is 6. The van der Waals surface area contributed by atoms with E-state index < -0.39 is 5.97 Å². The normalized spacial score (nSPS) is 10.8. The van der Waals surface area contributed by atoms with Crippen molar-refractivity contribution in [3.63, 3.8) is 0 Å². The zero-order valence-corrected chi connectivity index (χ0v) is 15.9. The average molecular weight is 401 g/mol. The molecule has 3 aromatic carbocycles. The molecule has 1 heterocycles. The summed E-state index contributed by atoms with van der Waals surface area (Å²) in [5.41, 5.74) is 2.31. The number of benzene rings is 3. The number of aromatic carboxylic acids is 1. The third-order valence-electron chi connectivity index (χ3n) is 4.88. The summed E-state index contributed by atoms with van der Waals surface area (Å²) < 4.78 is 1.75. The highest BCUT2D eigenvalue weighted by atomic mass is 16.4. The van der Waals surface area contributed by atoms with Crippen LogP contribution in [0.15, 0.2) is 73.3 Å². The predicted octanol–water partition coefficient (Wildman–Crippen LogP) is 3.42. The van der Waals surface area contributed by atoms with Gasteiger partial charge in [-0.1, -0.05) is 18.2 Å². The number of carboxylic acids is 1. The number of hydrogen-bond donors (Lipinski definition) is 3. The van der Waals surface area contributed by atoms with Crippen LogP contribution in [0.2, 0.25) is 0 Å².